The van der Waals surface area contributed by atoms with Gasteiger partial charge in [-0.2, -0.15) is 0 Å². The summed E-state index contributed by atoms with van der Waals surface area (Å²) in [7, 11) is 0. The molecule has 0 aliphatic carbocycles. The summed E-state index contributed by atoms with van der Waals surface area (Å²) in [6.45, 7) is 0.103. The number of nitrogens with zero attached hydrogens (tertiary/aromatic N) is 1. The highest BCUT2D eigenvalue weighted by Gasteiger charge is 2.38. The predicted octanol–water partition coefficient (Wildman–Crippen LogP) is -0.428. The fourth-order valence-electron chi connectivity index (χ4n) is 1.31. The third kappa shape index (κ3) is 2.46. The van der Waals surface area contributed by atoms with E-state index < -0.39 is 18.1 Å². The Morgan fingerprint density at radius 2 is 1.92 bits per heavy atom. The van der Waals surface area contributed by atoms with Crippen molar-refractivity contribution >= 4 is 24.5 Å². The van der Waals surface area contributed by atoms with E-state index in [0.717, 1.165) is 4.90 Å². The zero-order chi connectivity index (χ0) is 9.30. The lowest BCUT2D eigenvalue weighted by Gasteiger charge is -2.16. The maximum absolute atomic E-state index is 10.5. The molecule has 0 aromatic heterocycles. The summed E-state index contributed by atoms with van der Waals surface area (Å²) in [6.07, 6.45) is -1.03. The topological polar surface area (TPSA) is 104 Å². The highest BCUT2D eigenvalue weighted by atomic mass is 35.5. The Bertz CT molecular complexity index is 201. The number of halogens is 1. The van der Waals surface area contributed by atoms with Crippen LogP contribution in [0.2, 0.25) is 0 Å². The molecule has 4 N–H and O–H groups in total. The minimum absolute atomic E-state index is 0. The number of carboxylic acids is 1. The lowest BCUT2D eigenvalue weighted by molar-refractivity contribution is -0.141. The highest BCUT2D eigenvalue weighted by Crippen LogP contribution is 2.16. The maximum Gasteiger partial charge on any atom is 0.408 e. The summed E-state index contributed by atoms with van der Waals surface area (Å²) in [6, 6.07) is -1.33. The van der Waals surface area contributed by atoms with Crippen LogP contribution in [0.15, 0.2) is 0 Å². The first-order valence-corrected chi connectivity index (χ1v) is 3.50. The smallest absolute Gasteiger partial charge is 0.408 e. The molecule has 1 aliphatic heterocycles. The summed E-state index contributed by atoms with van der Waals surface area (Å²) in [5.74, 6) is -1.13. The molecule has 0 saturated carbocycles. The third-order valence-electron chi connectivity index (χ3n) is 1.86. The van der Waals surface area contributed by atoms with E-state index in [9.17, 15) is 9.59 Å². The van der Waals surface area contributed by atoms with Crippen molar-refractivity contribution < 1.29 is 19.8 Å². The van der Waals surface area contributed by atoms with Gasteiger partial charge in [-0.25, -0.2) is 9.59 Å². The van der Waals surface area contributed by atoms with Crippen LogP contribution in [0.3, 0.4) is 0 Å². The van der Waals surface area contributed by atoms with Gasteiger partial charge in [-0.05, 0) is 6.42 Å². The summed E-state index contributed by atoms with van der Waals surface area (Å²) < 4.78 is 0. The fourth-order valence-corrected chi connectivity index (χ4v) is 1.31. The second kappa shape index (κ2) is 4.29. The van der Waals surface area contributed by atoms with E-state index in [1.54, 1.807) is 0 Å². The number of hydrogen-bond acceptors (Lipinski definition) is 3. The Hall–Kier alpha value is -1.01. The van der Waals surface area contributed by atoms with Gasteiger partial charge in [-0.3, -0.25) is 4.90 Å². The number of nitrogens with two attached hydrogens (primary N) is 1. The lowest BCUT2D eigenvalue weighted by atomic mass is 10.2. The largest absolute Gasteiger partial charge is 0.480 e. The van der Waals surface area contributed by atoms with Gasteiger partial charge in [0.05, 0.1) is 0 Å². The zero-order valence-electron chi connectivity index (χ0n) is 6.71. The SMILES string of the molecule is Cl.N[C@@H]1C[C@@H](C(=O)O)N(C(=O)O)C1. The summed E-state index contributed by atoms with van der Waals surface area (Å²) in [5.41, 5.74) is 5.42. The second-order valence-corrected chi connectivity index (χ2v) is 2.78. The van der Waals surface area contributed by atoms with Gasteiger partial charge in [0.2, 0.25) is 0 Å². The number of rotatable bonds is 1. The average Bonchev–Trinajstić information content (AvgIpc) is 2.31. The minimum atomic E-state index is -1.23. The molecule has 2 atom stereocenters. The van der Waals surface area contributed by atoms with E-state index in [4.69, 9.17) is 15.9 Å². The van der Waals surface area contributed by atoms with Crippen molar-refractivity contribution in [2.45, 2.75) is 18.5 Å². The van der Waals surface area contributed by atoms with Crippen LogP contribution < -0.4 is 5.73 Å². The van der Waals surface area contributed by atoms with Crippen molar-refractivity contribution in [3.63, 3.8) is 0 Å². The van der Waals surface area contributed by atoms with Gasteiger partial charge in [-0.15, -0.1) is 12.4 Å². The first kappa shape index (κ1) is 12.0. The van der Waals surface area contributed by atoms with E-state index in [-0.39, 0.29) is 31.4 Å². The van der Waals surface area contributed by atoms with Crippen LogP contribution >= 0.6 is 12.4 Å². The maximum atomic E-state index is 10.5. The van der Waals surface area contributed by atoms with Crippen molar-refractivity contribution in [3.8, 4) is 0 Å². The van der Waals surface area contributed by atoms with Crippen LogP contribution in [-0.4, -0.2) is 45.8 Å². The Labute approximate surface area is 80.7 Å². The van der Waals surface area contributed by atoms with Gasteiger partial charge < -0.3 is 15.9 Å². The van der Waals surface area contributed by atoms with Crippen LogP contribution in [0.1, 0.15) is 6.42 Å². The van der Waals surface area contributed by atoms with Gasteiger partial charge in [0.1, 0.15) is 6.04 Å². The molecule has 1 saturated heterocycles. The second-order valence-electron chi connectivity index (χ2n) is 2.78. The van der Waals surface area contributed by atoms with Gasteiger partial charge >= 0.3 is 12.1 Å². The zero-order valence-corrected chi connectivity index (χ0v) is 7.53. The number of aliphatic carboxylic acids is 1. The number of carboxylic acid groups (broad SMARTS) is 2. The van der Waals surface area contributed by atoms with E-state index in [1.807, 2.05) is 0 Å². The Kier molecular flexibility index (Phi) is 3.96. The van der Waals surface area contributed by atoms with Crippen LogP contribution in [0.4, 0.5) is 4.79 Å². The van der Waals surface area contributed by atoms with Crippen LogP contribution in [-0.2, 0) is 4.79 Å². The predicted molar refractivity (Wildman–Crippen MR) is 46.0 cm³/mol. The third-order valence-corrected chi connectivity index (χ3v) is 1.86. The molecule has 0 unspecified atom stereocenters. The van der Waals surface area contributed by atoms with E-state index in [2.05, 4.69) is 0 Å². The first-order chi connectivity index (χ1) is 5.52. The molecule has 0 radical (unpaired) electrons. The van der Waals surface area contributed by atoms with Crippen LogP contribution in [0.25, 0.3) is 0 Å². The van der Waals surface area contributed by atoms with Gasteiger partial charge in [-0.1, -0.05) is 0 Å². The van der Waals surface area contributed by atoms with Gasteiger partial charge in [0.25, 0.3) is 0 Å². The summed E-state index contributed by atoms with van der Waals surface area (Å²) in [4.78, 5) is 21.8. The first-order valence-electron chi connectivity index (χ1n) is 3.50. The molecule has 0 aromatic carbocycles. The monoisotopic (exact) mass is 210 g/mol. The number of amides is 1. The molecule has 1 amide bonds. The lowest BCUT2D eigenvalue weighted by Crippen LogP contribution is -2.39. The van der Waals surface area contributed by atoms with E-state index in [0.29, 0.717) is 0 Å². The standard InChI is InChI=1S/C6H10N2O4.ClH/c7-3-1-4(5(9)10)8(2-3)6(11)12;/h3-4H,1-2,7H2,(H,9,10)(H,11,12);1H/t3-,4+;/m1./s1. The number of likely N-dealkylation sites (tertiary alicyclic amines) is 1. The summed E-state index contributed by atoms with van der Waals surface area (Å²) in [5, 5.41) is 17.1. The van der Waals surface area contributed by atoms with Gasteiger partial charge in [0, 0.05) is 12.6 Å². The van der Waals surface area contributed by atoms with Crippen molar-refractivity contribution in [3.05, 3.63) is 0 Å². The molecule has 13 heavy (non-hydrogen) atoms. The van der Waals surface area contributed by atoms with Crippen LogP contribution in [0, 0.1) is 0 Å². The molecule has 76 valence electrons. The molecule has 0 aromatic rings. The van der Waals surface area contributed by atoms with Crippen LogP contribution in [0.5, 0.6) is 0 Å². The normalized spacial score (nSPS) is 26.7. The van der Waals surface area contributed by atoms with Crippen molar-refractivity contribution in [2.75, 3.05) is 6.54 Å². The highest BCUT2D eigenvalue weighted by molar-refractivity contribution is 5.85. The molecule has 1 heterocycles. The number of hydrogen-bond donors (Lipinski definition) is 3. The van der Waals surface area contributed by atoms with E-state index in [1.165, 1.54) is 0 Å². The molecular weight excluding hydrogens is 200 g/mol. The Morgan fingerprint density at radius 1 is 1.38 bits per heavy atom. The molecule has 0 bridgehead atoms. The summed E-state index contributed by atoms with van der Waals surface area (Å²) >= 11 is 0. The molecule has 7 heteroatoms. The Morgan fingerprint density at radius 3 is 2.23 bits per heavy atom. The van der Waals surface area contributed by atoms with Crippen molar-refractivity contribution in [1.29, 1.82) is 0 Å². The fraction of sp³-hybridized carbons (Fsp3) is 0.667. The molecule has 1 fully saturated rings. The minimum Gasteiger partial charge on any atom is -0.480 e. The molecule has 0 spiro atoms. The molecule has 1 aliphatic rings. The quantitative estimate of drug-likeness (QED) is 0.545. The molecule has 1 rings (SSSR count). The van der Waals surface area contributed by atoms with E-state index >= 15 is 0 Å². The number of carbonyl (C=O) groups is 2. The molecular formula is C6H11ClN2O4. The van der Waals surface area contributed by atoms with Gasteiger partial charge in [0.15, 0.2) is 0 Å². The van der Waals surface area contributed by atoms with Crippen molar-refractivity contribution in [1.82, 2.24) is 4.90 Å². The molecule has 6 nitrogen and oxygen atoms in total. The Balaban J connectivity index is 0.00000144. The van der Waals surface area contributed by atoms with Crippen molar-refractivity contribution in [2.24, 2.45) is 5.73 Å². The average molecular weight is 211 g/mol.